The predicted octanol–water partition coefficient (Wildman–Crippen LogP) is 2.29. The zero-order valence-electron chi connectivity index (χ0n) is 10.9. The number of aromatic nitrogens is 2. The third-order valence-electron chi connectivity index (χ3n) is 2.57. The van der Waals surface area contributed by atoms with Gasteiger partial charge in [0.15, 0.2) is 0 Å². The van der Waals surface area contributed by atoms with E-state index >= 15 is 0 Å². The first kappa shape index (κ1) is 12.6. The molecular formula is C14H18N2O2. The van der Waals surface area contributed by atoms with Gasteiger partial charge in [-0.1, -0.05) is 12.1 Å². The molecule has 0 fully saturated rings. The third-order valence-corrected chi connectivity index (χ3v) is 2.57. The van der Waals surface area contributed by atoms with Crippen molar-refractivity contribution in [1.82, 2.24) is 9.55 Å². The van der Waals surface area contributed by atoms with E-state index in [9.17, 15) is 5.11 Å². The van der Waals surface area contributed by atoms with Crippen LogP contribution in [0.3, 0.4) is 0 Å². The Balaban J connectivity index is 2.14. The van der Waals surface area contributed by atoms with Crippen LogP contribution in [0.4, 0.5) is 0 Å². The first-order chi connectivity index (χ1) is 8.56. The van der Waals surface area contributed by atoms with Gasteiger partial charge in [0.25, 0.3) is 0 Å². The van der Waals surface area contributed by atoms with Crippen molar-refractivity contribution < 1.29 is 9.84 Å². The van der Waals surface area contributed by atoms with Gasteiger partial charge in [0.05, 0.1) is 18.1 Å². The average molecular weight is 246 g/mol. The van der Waals surface area contributed by atoms with Gasteiger partial charge in [0, 0.05) is 13.2 Å². The van der Waals surface area contributed by atoms with E-state index in [4.69, 9.17) is 4.74 Å². The molecule has 0 aliphatic carbocycles. The number of benzene rings is 1. The molecule has 2 aromatic rings. The highest BCUT2D eigenvalue weighted by molar-refractivity contribution is 5.31. The number of aryl methyl sites for hydroxylation is 1. The molecule has 0 amide bonds. The second-order valence-electron chi connectivity index (χ2n) is 4.60. The maximum Gasteiger partial charge on any atom is 0.123 e. The summed E-state index contributed by atoms with van der Waals surface area (Å²) < 4.78 is 7.37. The van der Waals surface area contributed by atoms with Gasteiger partial charge >= 0.3 is 0 Å². The van der Waals surface area contributed by atoms with E-state index in [1.807, 2.05) is 55.9 Å². The van der Waals surface area contributed by atoms with Crippen molar-refractivity contribution in [2.75, 3.05) is 0 Å². The molecule has 0 saturated heterocycles. The summed E-state index contributed by atoms with van der Waals surface area (Å²) in [6.45, 7) is 3.97. The molecule has 1 atom stereocenters. The lowest BCUT2D eigenvalue weighted by molar-refractivity contribution is 0.215. The van der Waals surface area contributed by atoms with Crippen LogP contribution in [0, 0.1) is 0 Å². The van der Waals surface area contributed by atoms with Crippen LogP contribution in [-0.4, -0.2) is 20.8 Å². The Kier molecular flexibility index (Phi) is 3.67. The molecule has 0 aliphatic rings. The molecular weight excluding hydrogens is 228 g/mol. The largest absolute Gasteiger partial charge is 0.491 e. The molecule has 18 heavy (non-hydrogen) atoms. The molecule has 4 nitrogen and oxygen atoms in total. The van der Waals surface area contributed by atoms with Gasteiger partial charge in [-0.2, -0.15) is 0 Å². The van der Waals surface area contributed by atoms with Crippen LogP contribution in [-0.2, 0) is 7.05 Å². The Hall–Kier alpha value is -1.81. The Bertz CT molecular complexity index is 503. The van der Waals surface area contributed by atoms with E-state index in [0.29, 0.717) is 5.69 Å². The Morgan fingerprint density at radius 3 is 2.39 bits per heavy atom. The van der Waals surface area contributed by atoms with Gasteiger partial charge in [0.2, 0.25) is 0 Å². The Labute approximate surface area is 107 Å². The molecule has 0 saturated carbocycles. The number of imidazole rings is 1. The monoisotopic (exact) mass is 246 g/mol. The highest BCUT2D eigenvalue weighted by atomic mass is 16.5. The topological polar surface area (TPSA) is 47.3 Å². The van der Waals surface area contributed by atoms with E-state index in [0.717, 1.165) is 11.3 Å². The lowest BCUT2D eigenvalue weighted by Crippen LogP contribution is -2.06. The van der Waals surface area contributed by atoms with Gasteiger partial charge in [0.1, 0.15) is 11.9 Å². The van der Waals surface area contributed by atoms with E-state index in [1.165, 1.54) is 0 Å². The fourth-order valence-corrected chi connectivity index (χ4v) is 1.75. The van der Waals surface area contributed by atoms with Crippen molar-refractivity contribution in [3.05, 3.63) is 48.0 Å². The van der Waals surface area contributed by atoms with Crippen LogP contribution < -0.4 is 4.74 Å². The molecule has 0 aliphatic heterocycles. The minimum Gasteiger partial charge on any atom is -0.491 e. The summed E-state index contributed by atoms with van der Waals surface area (Å²) in [4.78, 5) is 4.14. The van der Waals surface area contributed by atoms with E-state index in [-0.39, 0.29) is 6.10 Å². The zero-order valence-corrected chi connectivity index (χ0v) is 10.9. The highest BCUT2D eigenvalue weighted by Gasteiger charge is 2.13. The van der Waals surface area contributed by atoms with Crippen molar-refractivity contribution in [2.24, 2.45) is 7.05 Å². The minimum atomic E-state index is -0.695. The minimum absolute atomic E-state index is 0.150. The highest BCUT2D eigenvalue weighted by Crippen LogP contribution is 2.23. The standard InChI is InChI=1S/C14H18N2O2/c1-10(2)18-12-6-4-11(5-7-12)14(17)13-8-16(3)9-15-13/h4-10,14,17H,1-3H3. The van der Waals surface area contributed by atoms with E-state index in [1.54, 1.807) is 6.33 Å². The van der Waals surface area contributed by atoms with Gasteiger partial charge in [-0.15, -0.1) is 0 Å². The fourth-order valence-electron chi connectivity index (χ4n) is 1.75. The number of aliphatic hydroxyl groups excluding tert-OH is 1. The van der Waals surface area contributed by atoms with Gasteiger partial charge in [-0.05, 0) is 31.5 Å². The van der Waals surface area contributed by atoms with Crippen molar-refractivity contribution in [3.8, 4) is 5.75 Å². The molecule has 0 radical (unpaired) electrons. The summed E-state index contributed by atoms with van der Waals surface area (Å²) >= 11 is 0. The maximum atomic E-state index is 10.2. The summed E-state index contributed by atoms with van der Waals surface area (Å²) in [7, 11) is 1.88. The number of rotatable bonds is 4. The lowest BCUT2D eigenvalue weighted by Gasteiger charge is -2.12. The van der Waals surface area contributed by atoms with Crippen LogP contribution in [0.2, 0.25) is 0 Å². The first-order valence-electron chi connectivity index (χ1n) is 5.99. The smallest absolute Gasteiger partial charge is 0.123 e. The van der Waals surface area contributed by atoms with Crippen LogP contribution in [0.1, 0.15) is 31.2 Å². The molecule has 2 rings (SSSR count). The summed E-state index contributed by atoms with van der Waals surface area (Å²) in [6.07, 6.45) is 2.94. The van der Waals surface area contributed by atoms with Gasteiger partial charge in [-0.3, -0.25) is 0 Å². The van der Waals surface area contributed by atoms with Crippen molar-refractivity contribution >= 4 is 0 Å². The first-order valence-corrected chi connectivity index (χ1v) is 5.99. The van der Waals surface area contributed by atoms with Crippen molar-refractivity contribution in [1.29, 1.82) is 0 Å². The number of ether oxygens (including phenoxy) is 1. The predicted molar refractivity (Wildman–Crippen MR) is 69.5 cm³/mol. The SMILES string of the molecule is CC(C)Oc1ccc(C(O)c2cn(C)cn2)cc1. The molecule has 1 heterocycles. The summed E-state index contributed by atoms with van der Waals surface area (Å²) in [5.74, 6) is 0.807. The molecule has 1 unspecified atom stereocenters. The van der Waals surface area contributed by atoms with E-state index in [2.05, 4.69) is 4.98 Å². The molecule has 4 heteroatoms. The van der Waals surface area contributed by atoms with Crippen LogP contribution in [0.25, 0.3) is 0 Å². The average Bonchev–Trinajstić information content (AvgIpc) is 2.75. The number of hydrogen-bond donors (Lipinski definition) is 1. The number of nitrogens with zero attached hydrogens (tertiary/aromatic N) is 2. The Morgan fingerprint density at radius 1 is 1.22 bits per heavy atom. The van der Waals surface area contributed by atoms with Crippen LogP contribution >= 0.6 is 0 Å². The molecule has 0 bridgehead atoms. The summed E-state index contributed by atoms with van der Waals surface area (Å²) in [6, 6.07) is 7.44. The van der Waals surface area contributed by atoms with Gasteiger partial charge < -0.3 is 14.4 Å². The maximum absolute atomic E-state index is 10.2. The third kappa shape index (κ3) is 2.90. The van der Waals surface area contributed by atoms with Gasteiger partial charge in [-0.25, -0.2) is 4.98 Å². The molecule has 96 valence electrons. The van der Waals surface area contributed by atoms with Crippen molar-refractivity contribution in [3.63, 3.8) is 0 Å². The molecule has 0 spiro atoms. The number of aliphatic hydroxyl groups is 1. The Morgan fingerprint density at radius 2 is 1.89 bits per heavy atom. The normalized spacial score (nSPS) is 12.7. The van der Waals surface area contributed by atoms with Crippen LogP contribution in [0.5, 0.6) is 5.75 Å². The second kappa shape index (κ2) is 5.23. The quantitative estimate of drug-likeness (QED) is 0.900. The summed E-state index contributed by atoms with van der Waals surface area (Å²) in [5.41, 5.74) is 1.46. The molecule has 1 N–H and O–H groups in total. The second-order valence-corrected chi connectivity index (χ2v) is 4.60. The van der Waals surface area contributed by atoms with Crippen molar-refractivity contribution in [2.45, 2.75) is 26.1 Å². The summed E-state index contributed by atoms with van der Waals surface area (Å²) in [5, 5.41) is 10.2. The van der Waals surface area contributed by atoms with E-state index < -0.39 is 6.10 Å². The fraction of sp³-hybridized carbons (Fsp3) is 0.357. The molecule has 1 aromatic heterocycles. The zero-order chi connectivity index (χ0) is 13.1. The van der Waals surface area contributed by atoms with Crippen LogP contribution in [0.15, 0.2) is 36.8 Å². The lowest BCUT2D eigenvalue weighted by atomic mass is 10.1. The molecule has 1 aromatic carbocycles. The number of hydrogen-bond acceptors (Lipinski definition) is 3.